The van der Waals surface area contributed by atoms with Crippen LogP contribution >= 0.6 is 35.0 Å². The van der Waals surface area contributed by atoms with E-state index in [-0.39, 0.29) is 6.04 Å². The maximum absolute atomic E-state index is 6.06. The summed E-state index contributed by atoms with van der Waals surface area (Å²) in [5.74, 6) is 0. The van der Waals surface area contributed by atoms with Crippen LogP contribution in [0.4, 0.5) is 0 Å². The first-order chi connectivity index (χ1) is 9.45. The van der Waals surface area contributed by atoms with Crippen molar-refractivity contribution < 1.29 is 0 Å². The number of hydrogen-bond donors (Lipinski definition) is 1. The van der Waals surface area contributed by atoms with Crippen LogP contribution in [0.3, 0.4) is 0 Å². The van der Waals surface area contributed by atoms with Gasteiger partial charge in [-0.25, -0.2) is 0 Å². The molecule has 0 aromatic heterocycles. The third kappa shape index (κ3) is 4.16. The highest BCUT2D eigenvalue weighted by atomic mass is 35.5. The third-order valence-corrected chi connectivity index (χ3v) is 4.72. The zero-order chi connectivity index (χ0) is 14.7. The van der Waals surface area contributed by atoms with Crippen LogP contribution in [-0.2, 0) is 6.42 Å². The van der Waals surface area contributed by atoms with Gasteiger partial charge in [-0.05, 0) is 50.1 Å². The number of hydrogen-bond acceptors (Lipinski definition) is 2. The lowest BCUT2D eigenvalue weighted by Crippen LogP contribution is -2.18. The van der Waals surface area contributed by atoms with Gasteiger partial charge in [-0.15, -0.1) is 0 Å². The summed E-state index contributed by atoms with van der Waals surface area (Å²) in [4.78, 5) is 2.29. The van der Waals surface area contributed by atoms with E-state index in [4.69, 9.17) is 28.9 Å². The summed E-state index contributed by atoms with van der Waals surface area (Å²) >= 11 is 13.7. The predicted octanol–water partition coefficient (Wildman–Crippen LogP) is 5.34. The first-order valence-corrected chi connectivity index (χ1v) is 8.01. The molecule has 0 spiro atoms. The smallest absolute Gasteiger partial charge is 0.0603 e. The van der Waals surface area contributed by atoms with Crippen LogP contribution in [0.1, 0.15) is 18.1 Å². The summed E-state index contributed by atoms with van der Waals surface area (Å²) < 4.78 is 0. The van der Waals surface area contributed by atoms with Crippen LogP contribution in [0.25, 0.3) is 0 Å². The van der Waals surface area contributed by atoms with E-state index in [1.54, 1.807) is 11.8 Å². The quantitative estimate of drug-likeness (QED) is 0.820. The van der Waals surface area contributed by atoms with Gasteiger partial charge in [0.05, 0.1) is 10.0 Å². The average molecular weight is 326 g/mol. The lowest BCUT2D eigenvalue weighted by molar-refractivity contribution is 0.729. The van der Waals surface area contributed by atoms with Crippen LogP contribution in [0.5, 0.6) is 0 Å². The number of nitrogens with two attached hydrogens (primary N) is 1. The van der Waals surface area contributed by atoms with Crippen LogP contribution in [0, 0.1) is 6.92 Å². The van der Waals surface area contributed by atoms with Gasteiger partial charge in [0.25, 0.3) is 0 Å². The molecular weight excluding hydrogens is 309 g/mol. The number of rotatable bonds is 4. The highest BCUT2D eigenvalue weighted by molar-refractivity contribution is 7.99. The highest BCUT2D eigenvalue weighted by Gasteiger charge is 2.08. The van der Waals surface area contributed by atoms with Crippen molar-refractivity contribution in [2.24, 2.45) is 5.73 Å². The molecular formula is C16H17Cl2NS. The average Bonchev–Trinajstić information content (AvgIpc) is 2.36. The van der Waals surface area contributed by atoms with Gasteiger partial charge in [0.2, 0.25) is 0 Å². The number of aryl methyl sites for hydroxylation is 1. The van der Waals surface area contributed by atoms with Crippen molar-refractivity contribution in [1.82, 2.24) is 0 Å². The molecule has 106 valence electrons. The van der Waals surface area contributed by atoms with E-state index in [0.717, 1.165) is 11.3 Å². The number of halogens is 2. The predicted molar refractivity (Wildman–Crippen MR) is 89.1 cm³/mol. The first-order valence-electron chi connectivity index (χ1n) is 6.43. The van der Waals surface area contributed by atoms with Crippen molar-refractivity contribution in [2.75, 3.05) is 0 Å². The Kier molecular flexibility index (Phi) is 5.39. The molecule has 2 N–H and O–H groups in total. The Labute approximate surface area is 134 Å². The van der Waals surface area contributed by atoms with E-state index in [0.29, 0.717) is 10.0 Å². The molecule has 0 heterocycles. The zero-order valence-electron chi connectivity index (χ0n) is 11.5. The van der Waals surface area contributed by atoms with E-state index in [2.05, 4.69) is 25.1 Å². The zero-order valence-corrected chi connectivity index (χ0v) is 13.8. The SMILES string of the molecule is Cc1ccc(Sc2ccc(Cl)c(Cl)c2)c(CC(C)N)c1. The lowest BCUT2D eigenvalue weighted by Gasteiger charge is -2.12. The monoisotopic (exact) mass is 325 g/mol. The van der Waals surface area contributed by atoms with E-state index in [1.165, 1.54) is 16.0 Å². The summed E-state index contributed by atoms with van der Waals surface area (Å²) in [5.41, 5.74) is 8.46. The fraction of sp³-hybridized carbons (Fsp3) is 0.250. The van der Waals surface area contributed by atoms with Gasteiger partial charge in [-0.3, -0.25) is 0 Å². The van der Waals surface area contributed by atoms with Gasteiger partial charge < -0.3 is 5.73 Å². The molecule has 4 heteroatoms. The molecule has 0 aliphatic heterocycles. The first kappa shape index (κ1) is 15.7. The van der Waals surface area contributed by atoms with Crippen LogP contribution < -0.4 is 5.73 Å². The van der Waals surface area contributed by atoms with Crippen molar-refractivity contribution >= 4 is 35.0 Å². The fourth-order valence-corrected chi connectivity index (χ4v) is 3.32. The summed E-state index contributed by atoms with van der Waals surface area (Å²) in [6.07, 6.45) is 0.866. The second kappa shape index (κ2) is 6.86. The lowest BCUT2D eigenvalue weighted by atomic mass is 10.1. The minimum absolute atomic E-state index is 0.143. The second-order valence-electron chi connectivity index (χ2n) is 4.97. The molecule has 0 bridgehead atoms. The van der Waals surface area contributed by atoms with Crippen molar-refractivity contribution in [3.8, 4) is 0 Å². The van der Waals surface area contributed by atoms with Gasteiger partial charge in [0.15, 0.2) is 0 Å². The summed E-state index contributed by atoms with van der Waals surface area (Å²) in [6, 6.07) is 12.3. The topological polar surface area (TPSA) is 26.0 Å². The molecule has 1 nitrogen and oxygen atoms in total. The summed E-state index contributed by atoms with van der Waals surface area (Å²) in [6.45, 7) is 4.12. The van der Waals surface area contributed by atoms with E-state index >= 15 is 0 Å². The van der Waals surface area contributed by atoms with E-state index in [1.807, 2.05) is 25.1 Å². The van der Waals surface area contributed by atoms with Crippen LogP contribution in [0.2, 0.25) is 10.0 Å². The minimum Gasteiger partial charge on any atom is -0.328 e. The molecule has 0 saturated heterocycles. The Morgan fingerprint density at radius 2 is 1.85 bits per heavy atom. The van der Waals surface area contributed by atoms with Crippen molar-refractivity contribution in [3.63, 3.8) is 0 Å². The number of benzene rings is 2. The van der Waals surface area contributed by atoms with Gasteiger partial charge in [0, 0.05) is 15.8 Å². The molecule has 0 radical (unpaired) electrons. The van der Waals surface area contributed by atoms with Gasteiger partial charge in [-0.1, -0.05) is 52.7 Å². The molecule has 2 aromatic rings. The molecule has 1 atom stereocenters. The van der Waals surface area contributed by atoms with Crippen molar-refractivity contribution in [1.29, 1.82) is 0 Å². The summed E-state index contributed by atoms with van der Waals surface area (Å²) in [5, 5.41) is 1.16. The Morgan fingerprint density at radius 3 is 2.50 bits per heavy atom. The molecule has 20 heavy (non-hydrogen) atoms. The molecule has 0 aliphatic rings. The molecule has 1 unspecified atom stereocenters. The molecule has 2 rings (SSSR count). The largest absolute Gasteiger partial charge is 0.328 e. The highest BCUT2D eigenvalue weighted by Crippen LogP contribution is 2.34. The van der Waals surface area contributed by atoms with Crippen LogP contribution in [-0.4, -0.2) is 6.04 Å². The second-order valence-corrected chi connectivity index (χ2v) is 6.90. The normalized spacial score (nSPS) is 12.4. The molecule has 0 fully saturated rings. The Hall–Kier alpha value is -0.670. The van der Waals surface area contributed by atoms with Gasteiger partial charge in [0.1, 0.15) is 0 Å². The molecule has 0 saturated carbocycles. The van der Waals surface area contributed by atoms with E-state index < -0.39 is 0 Å². The third-order valence-electron chi connectivity index (χ3n) is 2.88. The standard InChI is InChI=1S/C16H17Cl2NS/c1-10-3-6-16(12(7-10)8-11(2)19)20-13-4-5-14(17)15(18)9-13/h3-7,9,11H,8,19H2,1-2H3. The summed E-state index contributed by atoms with van der Waals surface area (Å²) in [7, 11) is 0. The molecule has 2 aromatic carbocycles. The van der Waals surface area contributed by atoms with E-state index in [9.17, 15) is 0 Å². The van der Waals surface area contributed by atoms with Gasteiger partial charge >= 0.3 is 0 Å². The van der Waals surface area contributed by atoms with Crippen molar-refractivity contribution in [2.45, 2.75) is 36.1 Å². The fourth-order valence-electron chi connectivity index (χ4n) is 1.98. The maximum Gasteiger partial charge on any atom is 0.0603 e. The Morgan fingerprint density at radius 1 is 1.10 bits per heavy atom. The van der Waals surface area contributed by atoms with Gasteiger partial charge in [-0.2, -0.15) is 0 Å². The Bertz CT molecular complexity index is 611. The molecule has 0 amide bonds. The minimum atomic E-state index is 0.143. The van der Waals surface area contributed by atoms with Crippen LogP contribution in [0.15, 0.2) is 46.2 Å². The Balaban J connectivity index is 2.30. The molecule has 0 aliphatic carbocycles. The maximum atomic E-state index is 6.06. The van der Waals surface area contributed by atoms with Crippen molar-refractivity contribution in [3.05, 3.63) is 57.6 Å².